The van der Waals surface area contributed by atoms with Crippen molar-refractivity contribution in [1.82, 2.24) is 5.32 Å². The Hall–Kier alpha value is -0.120. The Morgan fingerprint density at radius 1 is 1.38 bits per heavy atom. The first-order chi connectivity index (χ1) is 6.27. The lowest BCUT2D eigenvalue weighted by atomic mass is 10.2. The average molecular weight is 187 g/mol. The molecule has 1 saturated carbocycles. The number of hydrogen-bond donors (Lipinski definition) is 1. The highest BCUT2D eigenvalue weighted by Crippen LogP contribution is 2.32. The van der Waals surface area contributed by atoms with E-state index >= 15 is 0 Å². The number of rotatable bonds is 7. The molecule has 0 bridgehead atoms. The van der Waals surface area contributed by atoms with Gasteiger partial charge in [-0.05, 0) is 25.7 Å². The lowest BCUT2D eigenvalue weighted by molar-refractivity contribution is 0.102. The van der Waals surface area contributed by atoms with Crippen LogP contribution in [0.15, 0.2) is 0 Å². The van der Waals surface area contributed by atoms with Crippen LogP contribution in [0.3, 0.4) is 0 Å². The van der Waals surface area contributed by atoms with Gasteiger partial charge >= 0.3 is 0 Å². The van der Waals surface area contributed by atoms with Crippen molar-refractivity contribution in [1.29, 1.82) is 0 Å². The Morgan fingerprint density at radius 3 is 2.54 bits per heavy atom. The summed E-state index contributed by atoms with van der Waals surface area (Å²) in [6, 6.07) is 0.530. The van der Waals surface area contributed by atoms with Gasteiger partial charge in [-0.2, -0.15) is 0 Å². The zero-order valence-electron chi connectivity index (χ0n) is 8.88. The van der Waals surface area contributed by atoms with Crippen LogP contribution in [0.2, 0.25) is 0 Å². The van der Waals surface area contributed by atoms with Crippen molar-refractivity contribution >= 4 is 0 Å². The Morgan fingerprint density at radius 2 is 2.08 bits per heavy atom. The summed E-state index contributed by atoms with van der Waals surface area (Å²) in [6.45, 7) is 3.81. The molecule has 1 N–H and O–H groups in total. The molecule has 1 aliphatic rings. The number of ether oxygens (including phenoxy) is 2. The van der Waals surface area contributed by atoms with Gasteiger partial charge in [0.05, 0.1) is 12.7 Å². The minimum absolute atomic E-state index is 0.290. The fraction of sp³-hybridized carbons (Fsp3) is 1.00. The maximum absolute atomic E-state index is 5.18. The molecule has 0 heterocycles. The predicted octanol–water partition coefficient (Wildman–Crippen LogP) is 1.04. The molecule has 13 heavy (non-hydrogen) atoms. The van der Waals surface area contributed by atoms with Gasteiger partial charge in [-0.1, -0.05) is 0 Å². The molecule has 1 aliphatic carbocycles. The summed E-state index contributed by atoms with van der Waals surface area (Å²) in [5.74, 6) is 0.837. The molecule has 1 rings (SSSR count). The van der Waals surface area contributed by atoms with Crippen molar-refractivity contribution in [2.45, 2.75) is 31.9 Å². The fourth-order valence-electron chi connectivity index (χ4n) is 1.44. The molecule has 3 nitrogen and oxygen atoms in total. The van der Waals surface area contributed by atoms with Crippen molar-refractivity contribution in [2.24, 2.45) is 5.92 Å². The monoisotopic (exact) mass is 187 g/mol. The third-order valence-electron chi connectivity index (χ3n) is 2.61. The second-order valence-electron chi connectivity index (χ2n) is 3.85. The summed E-state index contributed by atoms with van der Waals surface area (Å²) >= 11 is 0. The molecule has 0 amide bonds. The van der Waals surface area contributed by atoms with E-state index in [1.54, 1.807) is 14.2 Å². The van der Waals surface area contributed by atoms with Crippen LogP contribution in [0, 0.1) is 5.92 Å². The second kappa shape index (κ2) is 5.58. The van der Waals surface area contributed by atoms with Crippen molar-refractivity contribution < 1.29 is 9.47 Å². The summed E-state index contributed by atoms with van der Waals surface area (Å²) in [7, 11) is 3.51. The van der Waals surface area contributed by atoms with E-state index < -0.39 is 0 Å². The van der Waals surface area contributed by atoms with Crippen LogP contribution in [0.4, 0.5) is 0 Å². The van der Waals surface area contributed by atoms with Crippen LogP contribution in [0.25, 0.3) is 0 Å². The smallest absolute Gasteiger partial charge is 0.0667 e. The van der Waals surface area contributed by atoms with Crippen LogP contribution in [0.5, 0.6) is 0 Å². The minimum Gasteiger partial charge on any atom is -0.383 e. The van der Waals surface area contributed by atoms with Gasteiger partial charge in [-0.25, -0.2) is 0 Å². The van der Waals surface area contributed by atoms with Crippen molar-refractivity contribution in [3.8, 4) is 0 Å². The number of nitrogens with one attached hydrogen (secondary N) is 1. The van der Waals surface area contributed by atoms with Gasteiger partial charge in [0.1, 0.15) is 0 Å². The highest BCUT2D eigenvalue weighted by Gasteiger charge is 2.30. The van der Waals surface area contributed by atoms with Crippen molar-refractivity contribution in [3.05, 3.63) is 0 Å². The van der Waals surface area contributed by atoms with E-state index in [9.17, 15) is 0 Å². The van der Waals surface area contributed by atoms with Crippen LogP contribution in [-0.4, -0.2) is 39.5 Å². The van der Waals surface area contributed by atoms with Gasteiger partial charge in [-0.3, -0.25) is 0 Å². The topological polar surface area (TPSA) is 30.5 Å². The van der Waals surface area contributed by atoms with E-state index in [2.05, 4.69) is 12.2 Å². The van der Waals surface area contributed by atoms with Crippen molar-refractivity contribution in [2.75, 3.05) is 27.4 Å². The number of hydrogen-bond acceptors (Lipinski definition) is 3. The third-order valence-corrected chi connectivity index (χ3v) is 2.61. The minimum atomic E-state index is 0.290. The normalized spacial score (nSPS) is 21.5. The highest BCUT2D eigenvalue weighted by molar-refractivity contribution is 4.86. The molecule has 78 valence electrons. The maximum Gasteiger partial charge on any atom is 0.0667 e. The molecule has 0 radical (unpaired) electrons. The Kier molecular flexibility index (Phi) is 4.70. The molecule has 0 aromatic carbocycles. The maximum atomic E-state index is 5.18. The zero-order valence-corrected chi connectivity index (χ0v) is 8.88. The molecule has 0 aromatic heterocycles. The summed E-state index contributed by atoms with van der Waals surface area (Å²) in [6.07, 6.45) is 2.99. The second-order valence-corrected chi connectivity index (χ2v) is 3.85. The van der Waals surface area contributed by atoms with Crippen LogP contribution >= 0.6 is 0 Å². The SMILES string of the molecule is COCC(NCC(C)OC)C1CC1. The van der Waals surface area contributed by atoms with Gasteiger partial charge in [-0.15, -0.1) is 0 Å². The molecule has 0 aliphatic heterocycles. The Balaban J connectivity index is 2.14. The molecule has 2 unspecified atom stereocenters. The van der Waals surface area contributed by atoms with E-state index in [4.69, 9.17) is 9.47 Å². The van der Waals surface area contributed by atoms with Gasteiger partial charge < -0.3 is 14.8 Å². The van der Waals surface area contributed by atoms with E-state index in [0.717, 1.165) is 19.1 Å². The predicted molar refractivity (Wildman–Crippen MR) is 52.9 cm³/mol. The van der Waals surface area contributed by atoms with Gasteiger partial charge in [0.2, 0.25) is 0 Å². The van der Waals surface area contributed by atoms with Gasteiger partial charge in [0.15, 0.2) is 0 Å². The lowest BCUT2D eigenvalue weighted by Gasteiger charge is -2.19. The third kappa shape index (κ3) is 4.07. The summed E-state index contributed by atoms with van der Waals surface area (Å²) in [5.41, 5.74) is 0. The molecular weight excluding hydrogens is 166 g/mol. The lowest BCUT2D eigenvalue weighted by Crippen LogP contribution is -2.39. The average Bonchev–Trinajstić information content (AvgIpc) is 2.94. The van der Waals surface area contributed by atoms with E-state index in [0.29, 0.717) is 6.04 Å². The number of methoxy groups -OCH3 is 2. The fourth-order valence-corrected chi connectivity index (χ4v) is 1.44. The van der Waals surface area contributed by atoms with Crippen molar-refractivity contribution in [3.63, 3.8) is 0 Å². The van der Waals surface area contributed by atoms with E-state index in [1.165, 1.54) is 12.8 Å². The Bertz CT molecular complexity index is 137. The molecule has 1 fully saturated rings. The summed E-state index contributed by atoms with van der Waals surface area (Å²) in [5, 5.41) is 3.48. The Labute approximate surface area is 80.8 Å². The molecule has 3 heteroatoms. The first-order valence-corrected chi connectivity index (χ1v) is 5.03. The first-order valence-electron chi connectivity index (χ1n) is 5.03. The largest absolute Gasteiger partial charge is 0.383 e. The molecule has 0 spiro atoms. The molecule has 0 saturated heterocycles. The van der Waals surface area contributed by atoms with E-state index in [1.807, 2.05) is 0 Å². The van der Waals surface area contributed by atoms with Crippen LogP contribution in [0.1, 0.15) is 19.8 Å². The quantitative estimate of drug-likeness (QED) is 0.646. The van der Waals surface area contributed by atoms with Gasteiger partial charge in [0.25, 0.3) is 0 Å². The van der Waals surface area contributed by atoms with Crippen LogP contribution in [-0.2, 0) is 9.47 Å². The molecule has 2 atom stereocenters. The van der Waals surface area contributed by atoms with Gasteiger partial charge in [0, 0.05) is 26.8 Å². The summed E-state index contributed by atoms with van der Waals surface area (Å²) in [4.78, 5) is 0. The zero-order chi connectivity index (χ0) is 9.68. The molecule has 0 aromatic rings. The molecular formula is C10H21NO2. The summed E-state index contributed by atoms with van der Waals surface area (Å²) < 4.78 is 10.3. The highest BCUT2D eigenvalue weighted by atomic mass is 16.5. The first kappa shape index (κ1) is 11.0. The standard InChI is InChI=1S/C10H21NO2/c1-8(13-3)6-11-10(7-12-2)9-4-5-9/h8-11H,4-7H2,1-3H3. The van der Waals surface area contributed by atoms with Crippen LogP contribution < -0.4 is 5.32 Å². The van der Waals surface area contributed by atoms with E-state index in [-0.39, 0.29) is 6.10 Å².